The molecule has 0 heterocycles. The van der Waals surface area contributed by atoms with Crippen LogP contribution < -0.4 is 0 Å². The van der Waals surface area contributed by atoms with Crippen molar-refractivity contribution in [3.05, 3.63) is 36.0 Å². The lowest BCUT2D eigenvalue weighted by atomic mass is 10.1. The Hall–Kier alpha value is -0.780. The van der Waals surface area contributed by atoms with Crippen LogP contribution in [0.25, 0.3) is 0 Å². The smallest absolute Gasteiger partial charge is 0.0250 e. The molecule has 0 aliphatic rings. The van der Waals surface area contributed by atoms with Gasteiger partial charge in [0.15, 0.2) is 0 Å². The van der Waals surface area contributed by atoms with Gasteiger partial charge in [-0.3, -0.25) is 0 Å². The third kappa shape index (κ3) is 7.11. The minimum absolute atomic E-state index is 1.08. The number of rotatable bonds is 4. The van der Waals surface area contributed by atoms with Gasteiger partial charge in [0.25, 0.3) is 0 Å². The fraction of sp³-hybridized carbons (Fsp3) is 0.455. The van der Waals surface area contributed by atoms with Crippen molar-refractivity contribution in [2.45, 2.75) is 33.6 Å². The molecule has 0 bridgehead atoms. The zero-order chi connectivity index (χ0) is 8.69. The molecule has 0 aromatic rings. The Morgan fingerprint density at radius 2 is 2.00 bits per heavy atom. The largest absolute Gasteiger partial charge is 0.0958 e. The van der Waals surface area contributed by atoms with Gasteiger partial charge in [-0.2, -0.15) is 0 Å². The van der Waals surface area contributed by atoms with Crippen molar-refractivity contribution in [2.24, 2.45) is 0 Å². The predicted molar refractivity (Wildman–Crippen MR) is 52.6 cm³/mol. The maximum absolute atomic E-state index is 3.93. The van der Waals surface area contributed by atoms with E-state index < -0.39 is 0 Å². The molecule has 0 heteroatoms. The van der Waals surface area contributed by atoms with E-state index in [4.69, 9.17) is 0 Å². The second kappa shape index (κ2) is 5.96. The molecular formula is C11H18. The molecule has 0 fully saturated rings. The van der Waals surface area contributed by atoms with Crippen LogP contribution in [-0.2, 0) is 0 Å². The first-order valence-electron chi connectivity index (χ1n) is 4.10. The standard InChI is InChI=1S/C11H18/c1-5-7-11(4)9-6-8-10(2)3/h5,7-8H,4,6,9H2,1-3H3. The highest BCUT2D eigenvalue weighted by atomic mass is 13.9. The summed E-state index contributed by atoms with van der Waals surface area (Å²) in [6, 6.07) is 0. The van der Waals surface area contributed by atoms with Gasteiger partial charge in [-0.05, 0) is 33.6 Å². The van der Waals surface area contributed by atoms with Crippen molar-refractivity contribution >= 4 is 0 Å². The number of allylic oxidation sites excluding steroid dienone is 5. The zero-order valence-electron chi connectivity index (χ0n) is 7.85. The van der Waals surface area contributed by atoms with Crippen LogP contribution in [0.3, 0.4) is 0 Å². The summed E-state index contributed by atoms with van der Waals surface area (Å²) in [5.41, 5.74) is 2.60. The Kier molecular flexibility index (Phi) is 5.54. The van der Waals surface area contributed by atoms with Crippen LogP contribution >= 0.6 is 0 Å². The SMILES string of the molecule is C=C(C=CC)CCC=C(C)C. The van der Waals surface area contributed by atoms with Crippen LogP contribution in [0.15, 0.2) is 36.0 Å². The normalized spacial score (nSPS) is 10.1. The van der Waals surface area contributed by atoms with E-state index in [0.29, 0.717) is 0 Å². The van der Waals surface area contributed by atoms with Crippen LogP contribution in [0.2, 0.25) is 0 Å². The van der Waals surface area contributed by atoms with Gasteiger partial charge in [0, 0.05) is 0 Å². The molecule has 0 unspecified atom stereocenters. The molecule has 0 atom stereocenters. The third-order valence-corrected chi connectivity index (χ3v) is 1.42. The maximum atomic E-state index is 3.93. The van der Waals surface area contributed by atoms with Crippen LogP contribution in [-0.4, -0.2) is 0 Å². The molecule has 0 rings (SSSR count). The van der Waals surface area contributed by atoms with Crippen molar-refractivity contribution in [3.63, 3.8) is 0 Å². The Morgan fingerprint density at radius 1 is 1.36 bits per heavy atom. The molecule has 0 radical (unpaired) electrons. The van der Waals surface area contributed by atoms with E-state index in [1.807, 2.05) is 13.0 Å². The molecule has 0 aliphatic carbocycles. The van der Waals surface area contributed by atoms with Gasteiger partial charge in [-0.15, -0.1) is 0 Å². The average molecular weight is 150 g/mol. The topological polar surface area (TPSA) is 0 Å². The summed E-state index contributed by atoms with van der Waals surface area (Å²) in [6.45, 7) is 10.2. The molecule has 62 valence electrons. The van der Waals surface area contributed by atoms with E-state index in [-0.39, 0.29) is 0 Å². The van der Waals surface area contributed by atoms with Gasteiger partial charge in [0.1, 0.15) is 0 Å². The maximum Gasteiger partial charge on any atom is -0.0250 e. The lowest BCUT2D eigenvalue weighted by Crippen LogP contribution is -1.75. The Bertz CT molecular complexity index is 166. The van der Waals surface area contributed by atoms with Crippen molar-refractivity contribution < 1.29 is 0 Å². The quantitative estimate of drug-likeness (QED) is 0.421. The van der Waals surface area contributed by atoms with Crippen LogP contribution in [0.5, 0.6) is 0 Å². The van der Waals surface area contributed by atoms with Gasteiger partial charge in [-0.1, -0.05) is 36.0 Å². The average Bonchev–Trinajstić information content (AvgIpc) is 1.87. The van der Waals surface area contributed by atoms with Crippen LogP contribution in [0.4, 0.5) is 0 Å². The van der Waals surface area contributed by atoms with E-state index >= 15 is 0 Å². The molecule has 0 nitrogen and oxygen atoms in total. The van der Waals surface area contributed by atoms with E-state index in [1.54, 1.807) is 0 Å². The Balaban J connectivity index is 3.55. The Morgan fingerprint density at radius 3 is 2.45 bits per heavy atom. The first kappa shape index (κ1) is 10.2. The van der Waals surface area contributed by atoms with Crippen molar-refractivity contribution in [1.82, 2.24) is 0 Å². The van der Waals surface area contributed by atoms with Gasteiger partial charge in [0.2, 0.25) is 0 Å². The third-order valence-electron chi connectivity index (χ3n) is 1.42. The van der Waals surface area contributed by atoms with E-state index in [2.05, 4.69) is 32.6 Å². The summed E-state index contributed by atoms with van der Waals surface area (Å²) in [4.78, 5) is 0. The molecule has 0 aromatic heterocycles. The summed E-state index contributed by atoms with van der Waals surface area (Å²) in [5.74, 6) is 0. The highest BCUT2D eigenvalue weighted by Gasteiger charge is 1.85. The second-order valence-corrected chi connectivity index (χ2v) is 2.98. The fourth-order valence-corrected chi connectivity index (χ4v) is 0.865. The van der Waals surface area contributed by atoms with E-state index in [9.17, 15) is 0 Å². The summed E-state index contributed by atoms with van der Waals surface area (Å²) in [7, 11) is 0. The molecule has 0 spiro atoms. The lowest BCUT2D eigenvalue weighted by Gasteiger charge is -1.95. The first-order chi connectivity index (χ1) is 5.16. The number of hydrogen-bond acceptors (Lipinski definition) is 0. The van der Waals surface area contributed by atoms with Crippen molar-refractivity contribution in [2.75, 3.05) is 0 Å². The molecule has 0 aromatic carbocycles. The fourth-order valence-electron chi connectivity index (χ4n) is 0.865. The number of hydrogen-bond donors (Lipinski definition) is 0. The van der Waals surface area contributed by atoms with Crippen molar-refractivity contribution in [1.29, 1.82) is 0 Å². The Labute approximate surface area is 70.3 Å². The second-order valence-electron chi connectivity index (χ2n) is 2.98. The van der Waals surface area contributed by atoms with E-state index in [1.165, 1.54) is 11.1 Å². The van der Waals surface area contributed by atoms with Crippen LogP contribution in [0, 0.1) is 0 Å². The lowest BCUT2D eigenvalue weighted by molar-refractivity contribution is 0.998. The monoisotopic (exact) mass is 150 g/mol. The molecular weight excluding hydrogens is 132 g/mol. The van der Waals surface area contributed by atoms with Gasteiger partial charge in [0.05, 0.1) is 0 Å². The zero-order valence-corrected chi connectivity index (χ0v) is 7.85. The summed E-state index contributed by atoms with van der Waals surface area (Å²) < 4.78 is 0. The predicted octanol–water partition coefficient (Wildman–Crippen LogP) is 3.87. The molecule has 0 saturated heterocycles. The molecule has 0 amide bonds. The summed E-state index contributed by atoms with van der Waals surface area (Å²) in [6.07, 6.45) is 8.54. The van der Waals surface area contributed by atoms with E-state index in [0.717, 1.165) is 12.8 Å². The van der Waals surface area contributed by atoms with Gasteiger partial charge in [-0.25, -0.2) is 0 Å². The summed E-state index contributed by atoms with van der Waals surface area (Å²) >= 11 is 0. The molecule has 0 saturated carbocycles. The minimum atomic E-state index is 1.08. The van der Waals surface area contributed by atoms with Crippen LogP contribution in [0.1, 0.15) is 33.6 Å². The van der Waals surface area contributed by atoms with Gasteiger partial charge >= 0.3 is 0 Å². The highest BCUT2D eigenvalue weighted by molar-refractivity contribution is 5.14. The molecule has 0 aliphatic heterocycles. The first-order valence-corrected chi connectivity index (χ1v) is 4.10. The summed E-state index contributed by atoms with van der Waals surface area (Å²) in [5, 5.41) is 0. The van der Waals surface area contributed by atoms with Gasteiger partial charge < -0.3 is 0 Å². The molecule has 0 N–H and O–H groups in total. The molecule has 11 heavy (non-hydrogen) atoms. The highest BCUT2D eigenvalue weighted by Crippen LogP contribution is 2.05. The minimum Gasteiger partial charge on any atom is -0.0958 e. The van der Waals surface area contributed by atoms with Crippen molar-refractivity contribution in [3.8, 4) is 0 Å².